The van der Waals surface area contributed by atoms with Crippen LogP contribution in [0.4, 0.5) is 0 Å². The first-order valence-corrected chi connectivity index (χ1v) is 7.78. The van der Waals surface area contributed by atoms with Crippen molar-refractivity contribution in [3.05, 3.63) is 29.8 Å². The fourth-order valence-corrected chi connectivity index (χ4v) is 2.87. The van der Waals surface area contributed by atoms with Gasteiger partial charge in [-0.05, 0) is 70.4 Å². The third-order valence-corrected chi connectivity index (χ3v) is 3.75. The second-order valence-corrected chi connectivity index (χ2v) is 6.20. The molecular weight excluding hydrogens is 284 g/mol. The summed E-state index contributed by atoms with van der Waals surface area (Å²) in [4.78, 5) is 2.43. The molecule has 21 heavy (non-hydrogen) atoms. The molecule has 2 rings (SSSR count). The molecule has 1 aromatic rings. The molecule has 1 N–H and O–H groups in total. The van der Waals surface area contributed by atoms with Gasteiger partial charge in [-0.3, -0.25) is 0 Å². The maximum Gasteiger partial charge on any atom is 0.120 e. The molecule has 0 aromatic heterocycles. The lowest BCUT2D eigenvalue weighted by molar-refractivity contribution is 0.231. The smallest absolute Gasteiger partial charge is 0.120 e. The minimum atomic E-state index is 0. The molecule has 1 aliphatic heterocycles. The van der Waals surface area contributed by atoms with Gasteiger partial charge in [-0.15, -0.1) is 12.4 Å². The molecule has 1 aliphatic rings. The second kappa shape index (κ2) is 9.29. The first-order valence-electron chi connectivity index (χ1n) is 7.78. The lowest BCUT2D eigenvalue weighted by atomic mass is 9.97. The van der Waals surface area contributed by atoms with Crippen LogP contribution in [0.1, 0.15) is 32.3 Å². The first kappa shape index (κ1) is 18.3. The lowest BCUT2D eigenvalue weighted by Crippen LogP contribution is -2.34. The topological polar surface area (TPSA) is 24.5 Å². The van der Waals surface area contributed by atoms with Crippen molar-refractivity contribution in [3.8, 4) is 5.75 Å². The standard InChI is InChI=1S/C17H28N2O.ClH/c1-14(2)20-17-6-4-5-16(11-17)13-19(3)12-15-7-9-18-10-8-15;/h4-6,11,14-15,18H,7-10,12-13H2,1-3H3;1H. The molecule has 1 saturated heterocycles. The Hall–Kier alpha value is -0.770. The van der Waals surface area contributed by atoms with Crippen molar-refractivity contribution in [1.29, 1.82) is 0 Å². The third-order valence-electron chi connectivity index (χ3n) is 3.75. The van der Waals surface area contributed by atoms with E-state index in [9.17, 15) is 0 Å². The van der Waals surface area contributed by atoms with Gasteiger partial charge in [-0.25, -0.2) is 0 Å². The van der Waals surface area contributed by atoms with Crippen molar-refractivity contribution in [1.82, 2.24) is 10.2 Å². The predicted molar refractivity (Wildman–Crippen MR) is 91.4 cm³/mol. The van der Waals surface area contributed by atoms with Crippen LogP contribution in [-0.2, 0) is 6.54 Å². The largest absolute Gasteiger partial charge is 0.491 e. The monoisotopic (exact) mass is 312 g/mol. The van der Waals surface area contributed by atoms with E-state index in [0.717, 1.165) is 18.2 Å². The van der Waals surface area contributed by atoms with E-state index >= 15 is 0 Å². The average Bonchev–Trinajstić information content (AvgIpc) is 2.39. The van der Waals surface area contributed by atoms with Crippen LogP contribution in [-0.4, -0.2) is 37.7 Å². The summed E-state index contributed by atoms with van der Waals surface area (Å²) in [5, 5.41) is 3.43. The number of piperidine rings is 1. The Morgan fingerprint density at radius 2 is 2.00 bits per heavy atom. The maximum atomic E-state index is 5.76. The second-order valence-electron chi connectivity index (χ2n) is 6.20. The number of hydrogen-bond donors (Lipinski definition) is 1. The molecule has 0 unspecified atom stereocenters. The highest BCUT2D eigenvalue weighted by Crippen LogP contribution is 2.18. The molecule has 1 fully saturated rings. The van der Waals surface area contributed by atoms with Crippen molar-refractivity contribution in [2.45, 2.75) is 39.3 Å². The van der Waals surface area contributed by atoms with Crippen LogP contribution < -0.4 is 10.1 Å². The van der Waals surface area contributed by atoms with Crippen LogP contribution in [0.2, 0.25) is 0 Å². The Morgan fingerprint density at radius 1 is 1.29 bits per heavy atom. The molecule has 4 heteroatoms. The number of nitrogens with one attached hydrogen (secondary N) is 1. The van der Waals surface area contributed by atoms with E-state index in [0.29, 0.717) is 0 Å². The zero-order valence-electron chi connectivity index (χ0n) is 13.5. The highest BCUT2D eigenvalue weighted by molar-refractivity contribution is 5.85. The summed E-state index contributed by atoms with van der Waals surface area (Å²) >= 11 is 0. The van der Waals surface area contributed by atoms with Gasteiger partial charge in [-0.1, -0.05) is 12.1 Å². The van der Waals surface area contributed by atoms with Gasteiger partial charge in [0.1, 0.15) is 5.75 Å². The summed E-state index contributed by atoms with van der Waals surface area (Å²) in [7, 11) is 2.22. The summed E-state index contributed by atoms with van der Waals surface area (Å²) in [5.74, 6) is 1.82. The molecule has 1 aromatic carbocycles. The van der Waals surface area contributed by atoms with E-state index in [-0.39, 0.29) is 18.5 Å². The molecule has 1 heterocycles. The first-order chi connectivity index (χ1) is 9.63. The van der Waals surface area contributed by atoms with Crippen molar-refractivity contribution < 1.29 is 4.74 Å². The molecule has 0 atom stereocenters. The van der Waals surface area contributed by atoms with Crippen LogP contribution in [0.25, 0.3) is 0 Å². The van der Waals surface area contributed by atoms with E-state index in [1.165, 1.54) is 38.0 Å². The van der Waals surface area contributed by atoms with Gasteiger partial charge in [0, 0.05) is 13.1 Å². The number of rotatable bonds is 6. The molecular formula is C17H29ClN2O. The van der Waals surface area contributed by atoms with E-state index in [1.807, 2.05) is 6.07 Å². The van der Waals surface area contributed by atoms with E-state index in [1.54, 1.807) is 0 Å². The summed E-state index contributed by atoms with van der Waals surface area (Å²) in [6.45, 7) is 8.68. The predicted octanol–water partition coefficient (Wildman–Crippen LogP) is 3.33. The third kappa shape index (κ3) is 6.68. The van der Waals surface area contributed by atoms with Gasteiger partial charge in [0.05, 0.1) is 6.10 Å². The average molecular weight is 313 g/mol. The van der Waals surface area contributed by atoms with E-state index in [4.69, 9.17) is 4.74 Å². The molecule has 0 aliphatic carbocycles. The Morgan fingerprint density at radius 3 is 2.67 bits per heavy atom. The Bertz CT molecular complexity index is 406. The summed E-state index contributed by atoms with van der Waals surface area (Å²) in [5.41, 5.74) is 1.33. The quantitative estimate of drug-likeness (QED) is 0.872. The molecule has 0 amide bonds. The maximum absolute atomic E-state index is 5.76. The Kier molecular flexibility index (Phi) is 8.09. The molecule has 0 saturated carbocycles. The highest BCUT2D eigenvalue weighted by Gasteiger charge is 2.15. The van der Waals surface area contributed by atoms with E-state index < -0.39 is 0 Å². The van der Waals surface area contributed by atoms with Gasteiger partial charge in [-0.2, -0.15) is 0 Å². The van der Waals surface area contributed by atoms with Crippen molar-refractivity contribution in [2.75, 3.05) is 26.7 Å². The van der Waals surface area contributed by atoms with Crippen LogP contribution in [0.3, 0.4) is 0 Å². The van der Waals surface area contributed by atoms with E-state index in [2.05, 4.69) is 49.3 Å². The van der Waals surface area contributed by atoms with Crippen LogP contribution in [0.15, 0.2) is 24.3 Å². The molecule has 120 valence electrons. The number of halogens is 1. The molecule has 0 radical (unpaired) electrons. The lowest BCUT2D eigenvalue weighted by Gasteiger charge is -2.27. The minimum Gasteiger partial charge on any atom is -0.491 e. The normalized spacial score (nSPS) is 16.0. The fraction of sp³-hybridized carbons (Fsp3) is 0.647. The number of ether oxygens (including phenoxy) is 1. The number of nitrogens with zero attached hydrogens (tertiary/aromatic N) is 1. The van der Waals surface area contributed by atoms with Crippen LogP contribution in [0, 0.1) is 5.92 Å². The zero-order chi connectivity index (χ0) is 14.4. The van der Waals surface area contributed by atoms with Gasteiger partial charge in [0.2, 0.25) is 0 Å². The summed E-state index contributed by atoms with van der Waals surface area (Å²) in [6, 6.07) is 8.48. The van der Waals surface area contributed by atoms with Crippen molar-refractivity contribution >= 4 is 12.4 Å². The molecule has 0 spiro atoms. The van der Waals surface area contributed by atoms with Crippen LogP contribution >= 0.6 is 12.4 Å². The Labute approximate surface area is 135 Å². The molecule has 0 bridgehead atoms. The van der Waals surface area contributed by atoms with Gasteiger partial charge >= 0.3 is 0 Å². The summed E-state index contributed by atoms with van der Waals surface area (Å²) < 4.78 is 5.76. The van der Waals surface area contributed by atoms with Crippen molar-refractivity contribution in [3.63, 3.8) is 0 Å². The summed E-state index contributed by atoms with van der Waals surface area (Å²) in [6.07, 6.45) is 2.85. The van der Waals surface area contributed by atoms with Crippen LogP contribution in [0.5, 0.6) is 5.75 Å². The van der Waals surface area contributed by atoms with Crippen molar-refractivity contribution in [2.24, 2.45) is 5.92 Å². The minimum absolute atomic E-state index is 0. The van der Waals surface area contributed by atoms with Gasteiger partial charge in [0.15, 0.2) is 0 Å². The SMILES string of the molecule is CC(C)Oc1cccc(CN(C)CC2CCNCC2)c1.Cl. The molecule has 3 nitrogen and oxygen atoms in total. The highest BCUT2D eigenvalue weighted by atomic mass is 35.5. The number of benzene rings is 1. The zero-order valence-corrected chi connectivity index (χ0v) is 14.3. The van der Waals surface area contributed by atoms with Gasteiger partial charge in [0.25, 0.3) is 0 Å². The fourth-order valence-electron chi connectivity index (χ4n) is 2.87. The Balaban J connectivity index is 0.00000220. The number of hydrogen-bond acceptors (Lipinski definition) is 3. The van der Waals surface area contributed by atoms with Gasteiger partial charge < -0.3 is 15.0 Å².